The third-order valence-electron chi connectivity index (χ3n) is 3.29. The van der Waals surface area contributed by atoms with Crippen LogP contribution < -0.4 is 14.8 Å². The van der Waals surface area contributed by atoms with Crippen LogP contribution in [0, 0.1) is 0 Å². The van der Waals surface area contributed by atoms with Gasteiger partial charge in [-0.25, -0.2) is 0 Å². The summed E-state index contributed by atoms with van der Waals surface area (Å²) >= 11 is 0. The molecule has 0 radical (unpaired) electrons. The highest BCUT2D eigenvalue weighted by Crippen LogP contribution is 2.38. The topological polar surface area (TPSA) is 39.7 Å². The highest BCUT2D eigenvalue weighted by atomic mass is 16.5. The van der Waals surface area contributed by atoms with Gasteiger partial charge in [-0.1, -0.05) is 0 Å². The summed E-state index contributed by atoms with van der Waals surface area (Å²) in [6, 6.07) is 4.21. The molecule has 1 atom stereocenters. The van der Waals surface area contributed by atoms with Crippen molar-refractivity contribution in [3.63, 3.8) is 0 Å². The molecule has 92 valence electrons. The summed E-state index contributed by atoms with van der Waals surface area (Å²) < 4.78 is 16.7. The van der Waals surface area contributed by atoms with E-state index in [2.05, 4.69) is 11.4 Å². The van der Waals surface area contributed by atoms with Gasteiger partial charge in [0.2, 0.25) is 0 Å². The standard InChI is InChI=1S/C13H17NO3/c1-15-11-7-10(12-8-14-3-5-16-12)6-9-2-4-17-13(9)11/h6-7,12,14H,2-5,8H2,1H3. The third kappa shape index (κ3) is 1.98. The van der Waals surface area contributed by atoms with Crippen molar-refractivity contribution in [1.29, 1.82) is 0 Å². The molecule has 1 saturated heterocycles. The lowest BCUT2D eigenvalue weighted by Gasteiger charge is -2.24. The normalized spacial score (nSPS) is 23.0. The molecule has 4 heteroatoms. The fourth-order valence-electron chi connectivity index (χ4n) is 2.41. The first-order chi connectivity index (χ1) is 8.38. The van der Waals surface area contributed by atoms with E-state index in [0.29, 0.717) is 0 Å². The largest absolute Gasteiger partial charge is 0.493 e. The Morgan fingerprint density at radius 2 is 2.29 bits per heavy atom. The van der Waals surface area contributed by atoms with Gasteiger partial charge in [-0.05, 0) is 17.7 Å². The molecule has 1 unspecified atom stereocenters. The summed E-state index contributed by atoms with van der Waals surface area (Å²) in [5.74, 6) is 1.73. The lowest BCUT2D eigenvalue weighted by Crippen LogP contribution is -2.33. The quantitative estimate of drug-likeness (QED) is 0.838. The zero-order valence-corrected chi connectivity index (χ0v) is 9.99. The minimum Gasteiger partial charge on any atom is -0.493 e. The summed E-state index contributed by atoms with van der Waals surface area (Å²) in [4.78, 5) is 0. The SMILES string of the molecule is COc1cc(C2CNCCO2)cc2c1OCC2. The van der Waals surface area contributed by atoms with Crippen molar-refractivity contribution < 1.29 is 14.2 Å². The van der Waals surface area contributed by atoms with E-state index in [1.165, 1.54) is 11.1 Å². The molecule has 1 aromatic carbocycles. The maximum atomic E-state index is 5.76. The molecule has 0 bridgehead atoms. The van der Waals surface area contributed by atoms with Gasteiger partial charge in [-0.2, -0.15) is 0 Å². The Kier molecular flexibility index (Phi) is 2.91. The van der Waals surface area contributed by atoms with Crippen molar-refractivity contribution in [2.75, 3.05) is 33.4 Å². The third-order valence-corrected chi connectivity index (χ3v) is 3.29. The Labute approximate surface area is 101 Å². The number of benzene rings is 1. The molecule has 1 N–H and O–H groups in total. The predicted octanol–water partition coefficient (Wildman–Crippen LogP) is 1.29. The fraction of sp³-hybridized carbons (Fsp3) is 0.538. The monoisotopic (exact) mass is 235 g/mol. The van der Waals surface area contributed by atoms with Crippen LogP contribution >= 0.6 is 0 Å². The molecule has 0 amide bonds. The number of hydrogen-bond acceptors (Lipinski definition) is 4. The number of methoxy groups -OCH3 is 1. The van der Waals surface area contributed by atoms with Crippen LogP contribution in [0.25, 0.3) is 0 Å². The highest BCUT2D eigenvalue weighted by Gasteiger charge is 2.23. The zero-order valence-electron chi connectivity index (χ0n) is 9.99. The van der Waals surface area contributed by atoms with Gasteiger partial charge in [0, 0.05) is 25.1 Å². The minimum atomic E-state index is 0.128. The van der Waals surface area contributed by atoms with Crippen LogP contribution in [-0.4, -0.2) is 33.4 Å². The van der Waals surface area contributed by atoms with Gasteiger partial charge < -0.3 is 19.5 Å². The maximum Gasteiger partial charge on any atom is 0.164 e. The van der Waals surface area contributed by atoms with E-state index in [4.69, 9.17) is 14.2 Å². The Morgan fingerprint density at radius 3 is 3.06 bits per heavy atom. The van der Waals surface area contributed by atoms with Gasteiger partial charge in [0.25, 0.3) is 0 Å². The van der Waals surface area contributed by atoms with E-state index in [1.807, 2.05) is 6.07 Å². The second-order valence-electron chi connectivity index (χ2n) is 4.37. The molecule has 0 aliphatic carbocycles. The molecule has 3 rings (SSSR count). The fourth-order valence-corrected chi connectivity index (χ4v) is 2.41. The van der Waals surface area contributed by atoms with Gasteiger partial charge in [0.05, 0.1) is 26.4 Å². The van der Waals surface area contributed by atoms with Crippen LogP contribution in [0.2, 0.25) is 0 Å². The molecule has 0 saturated carbocycles. The molecule has 2 aliphatic heterocycles. The van der Waals surface area contributed by atoms with E-state index in [9.17, 15) is 0 Å². The van der Waals surface area contributed by atoms with E-state index >= 15 is 0 Å². The van der Waals surface area contributed by atoms with Gasteiger partial charge in [0.15, 0.2) is 11.5 Å². The van der Waals surface area contributed by atoms with Crippen molar-refractivity contribution >= 4 is 0 Å². The Balaban J connectivity index is 1.94. The molecular weight excluding hydrogens is 218 g/mol. The molecule has 1 fully saturated rings. The van der Waals surface area contributed by atoms with E-state index < -0.39 is 0 Å². The minimum absolute atomic E-state index is 0.128. The summed E-state index contributed by atoms with van der Waals surface area (Å²) in [6.45, 7) is 3.31. The summed E-state index contributed by atoms with van der Waals surface area (Å²) in [6.07, 6.45) is 1.09. The molecule has 2 aliphatic rings. The molecule has 4 nitrogen and oxygen atoms in total. The zero-order chi connectivity index (χ0) is 11.7. The average Bonchev–Trinajstić information content (AvgIpc) is 2.86. The van der Waals surface area contributed by atoms with Crippen molar-refractivity contribution in [3.05, 3.63) is 23.3 Å². The summed E-state index contributed by atoms with van der Waals surface area (Å²) in [5, 5.41) is 3.34. The first-order valence-electron chi connectivity index (χ1n) is 6.04. The second-order valence-corrected chi connectivity index (χ2v) is 4.37. The van der Waals surface area contributed by atoms with Crippen molar-refractivity contribution in [2.45, 2.75) is 12.5 Å². The van der Waals surface area contributed by atoms with Gasteiger partial charge in [0.1, 0.15) is 0 Å². The van der Waals surface area contributed by atoms with Gasteiger partial charge >= 0.3 is 0 Å². The number of ether oxygens (including phenoxy) is 3. The van der Waals surface area contributed by atoms with Crippen LogP contribution in [0.3, 0.4) is 0 Å². The molecular formula is C13H17NO3. The van der Waals surface area contributed by atoms with E-state index in [1.54, 1.807) is 7.11 Å². The number of morpholine rings is 1. The number of nitrogens with one attached hydrogen (secondary N) is 1. The van der Waals surface area contributed by atoms with Crippen LogP contribution in [0.1, 0.15) is 17.2 Å². The van der Waals surface area contributed by atoms with Crippen LogP contribution in [0.15, 0.2) is 12.1 Å². The maximum absolute atomic E-state index is 5.76. The lowest BCUT2D eigenvalue weighted by molar-refractivity contribution is 0.0275. The highest BCUT2D eigenvalue weighted by molar-refractivity contribution is 5.52. The van der Waals surface area contributed by atoms with Crippen LogP contribution in [0.5, 0.6) is 11.5 Å². The van der Waals surface area contributed by atoms with Gasteiger partial charge in [-0.15, -0.1) is 0 Å². The lowest BCUT2D eigenvalue weighted by atomic mass is 10.0. The summed E-state index contributed by atoms with van der Waals surface area (Å²) in [5.41, 5.74) is 2.41. The second kappa shape index (κ2) is 4.55. The van der Waals surface area contributed by atoms with E-state index in [-0.39, 0.29) is 6.10 Å². The Bertz CT molecular complexity index is 413. The van der Waals surface area contributed by atoms with Crippen molar-refractivity contribution in [3.8, 4) is 11.5 Å². The van der Waals surface area contributed by atoms with Gasteiger partial charge in [-0.3, -0.25) is 0 Å². The predicted molar refractivity (Wildman–Crippen MR) is 63.8 cm³/mol. The van der Waals surface area contributed by atoms with Crippen molar-refractivity contribution in [1.82, 2.24) is 5.32 Å². The van der Waals surface area contributed by atoms with Crippen molar-refractivity contribution in [2.24, 2.45) is 0 Å². The molecule has 2 heterocycles. The van der Waals surface area contributed by atoms with Crippen LogP contribution in [0.4, 0.5) is 0 Å². The molecule has 0 aromatic heterocycles. The number of hydrogen-bond donors (Lipinski definition) is 1. The Hall–Kier alpha value is -1.26. The Morgan fingerprint density at radius 1 is 1.35 bits per heavy atom. The molecule has 0 spiro atoms. The first kappa shape index (κ1) is 10.9. The van der Waals surface area contributed by atoms with E-state index in [0.717, 1.165) is 44.2 Å². The average molecular weight is 235 g/mol. The molecule has 17 heavy (non-hydrogen) atoms. The first-order valence-corrected chi connectivity index (χ1v) is 6.04. The summed E-state index contributed by atoms with van der Waals surface area (Å²) in [7, 11) is 1.68. The van der Waals surface area contributed by atoms with Crippen LogP contribution in [-0.2, 0) is 11.2 Å². The number of fused-ring (bicyclic) bond motifs is 1. The number of rotatable bonds is 2. The molecule has 1 aromatic rings. The smallest absolute Gasteiger partial charge is 0.164 e.